The number of carbonyl (C=O) groups excluding carboxylic acids is 2. The number of amides is 2. The number of rotatable bonds is 8. The summed E-state index contributed by atoms with van der Waals surface area (Å²) in [6.07, 6.45) is 2.50. The van der Waals surface area contributed by atoms with Crippen molar-refractivity contribution in [1.82, 2.24) is 10.2 Å². The molecule has 1 aliphatic heterocycles. The van der Waals surface area contributed by atoms with Crippen molar-refractivity contribution in [3.05, 3.63) is 59.7 Å². The van der Waals surface area contributed by atoms with Crippen molar-refractivity contribution in [2.75, 3.05) is 37.2 Å². The molecule has 0 atom stereocenters. The molecule has 0 spiro atoms. The number of aryl methyl sites for hydroxylation is 1. The predicted octanol–water partition coefficient (Wildman–Crippen LogP) is 3.55. The first kappa shape index (κ1) is 20.4. The van der Waals surface area contributed by atoms with Gasteiger partial charge in [0.05, 0.1) is 11.3 Å². The van der Waals surface area contributed by atoms with Crippen molar-refractivity contribution in [3.8, 4) is 0 Å². The lowest BCUT2D eigenvalue weighted by atomic mass is 10.2. The Hall–Kier alpha value is -2.31. The smallest absolute Gasteiger partial charge is 0.252 e. The number of benzene rings is 2. The second kappa shape index (κ2) is 10.3. The van der Waals surface area contributed by atoms with Crippen LogP contribution >= 0.6 is 11.8 Å². The molecule has 0 radical (unpaired) electrons. The highest BCUT2D eigenvalue weighted by atomic mass is 32.2. The third-order valence-electron chi connectivity index (χ3n) is 4.74. The molecular formula is C22H27N3O2S. The number of likely N-dealkylation sites (tertiary alicyclic amines) is 1. The minimum atomic E-state index is -0.0851. The van der Waals surface area contributed by atoms with E-state index in [-0.39, 0.29) is 17.6 Å². The molecule has 0 bridgehead atoms. The summed E-state index contributed by atoms with van der Waals surface area (Å²) in [4.78, 5) is 28.0. The van der Waals surface area contributed by atoms with E-state index >= 15 is 0 Å². The molecule has 0 saturated carbocycles. The molecule has 0 unspecified atom stereocenters. The van der Waals surface area contributed by atoms with E-state index in [4.69, 9.17) is 0 Å². The molecule has 6 heteroatoms. The average Bonchev–Trinajstić information content (AvgIpc) is 3.22. The standard InChI is InChI=1S/C22H27N3O2S/c1-17-8-10-18(11-9-17)24-21(26)16-28-20-7-3-2-6-19(20)22(27)23-12-15-25-13-4-5-14-25/h2-3,6-11H,4-5,12-16H2,1H3,(H,23,27)(H,24,26). The zero-order valence-electron chi connectivity index (χ0n) is 16.2. The Morgan fingerprint density at radius 3 is 2.50 bits per heavy atom. The van der Waals surface area contributed by atoms with Crippen LogP contribution in [0.25, 0.3) is 0 Å². The van der Waals surface area contributed by atoms with E-state index in [1.54, 1.807) is 0 Å². The fourth-order valence-electron chi connectivity index (χ4n) is 3.19. The molecule has 3 rings (SSSR count). The van der Waals surface area contributed by atoms with Gasteiger partial charge in [0.1, 0.15) is 0 Å². The van der Waals surface area contributed by atoms with E-state index in [0.717, 1.165) is 35.8 Å². The van der Waals surface area contributed by atoms with Crippen molar-refractivity contribution >= 4 is 29.3 Å². The average molecular weight is 398 g/mol. The highest BCUT2D eigenvalue weighted by Gasteiger charge is 2.14. The summed E-state index contributed by atoms with van der Waals surface area (Å²) in [7, 11) is 0. The number of thioether (sulfide) groups is 1. The van der Waals surface area contributed by atoms with E-state index in [0.29, 0.717) is 12.1 Å². The Morgan fingerprint density at radius 2 is 1.75 bits per heavy atom. The SMILES string of the molecule is Cc1ccc(NC(=O)CSc2ccccc2C(=O)NCCN2CCCC2)cc1. The van der Waals surface area contributed by atoms with Gasteiger partial charge in [0.25, 0.3) is 5.91 Å². The molecule has 1 aliphatic rings. The fourth-order valence-corrected chi connectivity index (χ4v) is 4.04. The summed E-state index contributed by atoms with van der Waals surface area (Å²) >= 11 is 1.38. The van der Waals surface area contributed by atoms with E-state index in [1.165, 1.54) is 24.6 Å². The third-order valence-corrected chi connectivity index (χ3v) is 5.81. The summed E-state index contributed by atoms with van der Waals surface area (Å²) in [6, 6.07) is 15.1. The fraction of sp³-hybridized carbons (Fsp3) is 0.364. The zero-order valence-corrected chi connectivity index (χ0v) is 17.1. The largest absolute Gasteiger partial charge is 0.351 e. The maximum atomic E-state index is 12.6. The molecule has 5 nitrogen and oxygen atoms in total. The van der Waals surface area contributed by atoms with Crippen LogP contribution in [0.4, 0.5) is 5.69 Å². The first-order valence-electron chi connectivity index (χ1n) is 9.71. The van der Waals surface area contributed by atoms with Crippen LogP contribution in [-0.4, -0.2) is 48.6 Å². The summed E-state index contributed by atoms with van der Waals surface area (Å²) in [5, 5.41) is 5.89. The first-order chi connectivity index (χ1) is 13.6. The number of nitrogens with one attached hydrogen (secondary N) is 2. The molecule has 2 aromatic rings. The van der Waals surface area contributed by atoms with Gasteiger partial charge in [-0.15, -0.1) is 11.8 Å². The molecule has 0 aliphatic carbocycles. The Morgan fingerprint density at radius 1 is 1.04 bits per heavy atom. The highest BCUT2D eigenvalue weighted by molar-refractivity contribution is 8.00. The summed E-state index contributed by atoms with van der Waals surface area (Å²) in [5.41, 5.74) is 2.55. The van der Waals surface area contributed by atoms with E-state index in [1.807, 2.05) is 55.5 Å². The second-order valence-corrected chi connectivity index (χ2v) is 8.02. The van der Waals surface area contributed by atoms with Gasteiger partial charge < -0.3 is 15.5 Å². The highest BCUT2D eigenvalue weighted by Crippen LogP contribution is 2.23. The molecule has 28 heavy (non-hydrogen) atoms. The lowest BCUT2D eigenvalue weighted by Crippen LogP contribution is -2.33. The third kappa shape index (κ3) is 6.11. The second-order valence-electron chi connectivity index (χ2n) is 7.00. The van der Waals surface area contributed by atoms with Crippen molar-refractivity contribution in [3.63, 3.8) is 0 Å². The summed E-state index contributed by atoms with van der Waals surface area (Å²) < 4.78 is 0. The number of hydrogen-bond acceptors (Lipinski definition) is 4. The van der Waals surface area contributed by atoms with Crippen molar-refractivity contribution in [2.45, 2.75) is 24.7 Å². The van der Waals surface area contributed by atoms with Crippen molar-refractivity contribution < 1.29 is 9.59 Å². The monoisotopic (exact) mass is 397 g/mol. The van der Waals surface area contributed by atoms with Crippen LogP contribution in [0.2, 0.25) is 0 Å². The summed E-state index contributed by atoms with van der Waals surface area (Å²) in [5.74, 6) is 0.0886. The Labute approximate surface area is 170 Å². The minimum absolute atomic E-state index is 0.0822. The zero-order chi connectivity index (χ0) is 19.8. The Kier molecular flexibility index (Phi) is 7.51. The topological polar surface area (TPSA) is 61.4 Å². The van der Waals surface area contributed by atoms with Crippen molar-refractivity contribution in [1.29, 1.82) is 0 Å². The van der Waals surface area contributed by atoms with Crippen LogP contribution in [0.1, 0.15) is 28.8 Å². The van der Waals surface area contributed by atoms with Crippen LogP contribution in [0.5, 0.6) is 0 Å². The first-order valence-corrected chi connectivity index (χ1v) is 10.7. The van der Waals surface area contributed by atoms with Crippen LogP contribution in [-0.2, 0) is 4.79 Å². The van der Waals surface area contributed by atoms with Gasteiger partial charge in [-0.1, -0.05) is 29.8 Å². The van der Waals surface area contributed by atoms with E-state index in [9.17, 15) is 9.59 Å². The molecule has 2 amide bonds. The van der Waals surface area contributed by atoms with E-state index < -0.39 is 0 Å². The van der Waals surface area contributed by atoms with Crippen LogP contribution in [0.15, 0.2) is 53.4 Å². The normalized spacial score (nSPS) is 14.0. The molecule has 148 valence electrons. The maximum absolute atomic E-state index is 12.6. The van der Waals surface area contributed by atoms with Crippen LogP contribution < -0.4 is 10.6 Å². The molecule has 1 fully saturated rings. The van der Waals surface area contributed by atoms with Gasteiger partial charge in [0, 0.05) is 23.7 Å². The van der Waals surface area contributed by atoms with Gasteiger partial charge in [0.15, 0.2) is 0 Å². The molecule has 1 saturated heterocycles. The molecule has 1 heterocycles. The number of hydrogen-bond donors (Lipinski definition) is 2. The van der Waals surface area contributed by atoms with Gasteiger partial charge in [-0.3, -0.25) is 9.59 Å². The summed E-state index contributed by atoms with van der Waals surface area (Å²) in [6.45, 7) is 5.79. The molecule has 2 N–H and O–H groups in total. The Bertz CT molecular complexity index is 802. The van der Waals surface area contributed by atoms with Gasteiger partial charge in [0.2, 0.25) is 5.91 Å². The Balaban J connectivity index is 1.50. The van der Waals surface area contributed by atoms with E-state index in [2.05, 4.69) is 15.5 Å². The van der Waals surface area contributed by atoms with Crippen molar-refractivity contribution in [2.24, 2.45) is 0 Å². The van der Waals surface area contributed by atoms with Gasteiger partial charge in [-0.05, 0) is 57.1 Å². The minimum Gasteiger partial charge on any atom is -0.351 e. The lowest BCUT2D eigenvalue weighted by molar-refractivity contribution is -0.113. The predicted molar refractivity (Wildman–Crippen MR) is 115 cm³/mol. The number of carbonyl (C=O) groups is 2. The quantitative estimate of drug-likeness (QED) is 0.669. The number of nitrogens with zero attached hydrogens (tertiary/aromatic N) is 1. The molecule has 2 aromatic carbocycles. The van der Waals surface area contributed by atoms with Gasteiger partial charge >= 0.3 is 0 Å². The van der Waals surface area contributed by atoms with Crippen LogP contribution in [0.3, 0.4) is 0 Å². The molecule has 0 aromatic heterocycles. The van der Waals surface area contributed by atoms with Gasteiger partial charge in [-0.25, -0.2) is 0 Å². The number of anilines is 1. The van der Waals surface area contributed by atoms with Crippen LogP contribution in [0, 0.1) is 6.92 Å². The molecular weight excluding hydrogens is 370 g/mol. The lowest BCUT2D eigenvalue weighted by Gasteiger charge is -2.15. The van der Waals surface area contributed by atoms with Gasteiger partial charge in [-0.2, -0.15) is 0 Å². The maximum Gasteiger partial charge on any atom is 0.252 e.